The monoisotopic (exact) mass is 254 g/mol. The summed E-state index contributed by atoms with van der Waals surface area (Å²) < 4.78 is 0.271. The molecule has 0 unspecified atom stereocenters. The number of nitrogens with one attached hydrogen (secondary N) is 2. The Balaban J connectivity index is 1.90. The van der Waals surface area contributed by atoms with Gasteiger partial charge in [-0.2, -0.15) is 11.8 Å². The summed E-state index contributed by atoms with van der Waals surface area (Å²) in [6, 6.07) is 0. The van der Waals surface area contributed by atoms with Crippen LogP contribution in [0.4, 0.5) is 0 Å². The number of amides is 1. The van der Waals surface area contributed by atoms with Gasteiger partial charge in [-0.3, -0.25) is 9.89 Å². The summed E-state index contributed by atoms with van der Waals surface area (Å²) in [5.74, 6) is 1.06. The summed E-state index contributed by atoms with van der Waals surface area (Å²) in [7, 11) is 0. The minimum Gasteiger partial charge on any atom is -0.348 e. The van der Waals surface area contributed by atoms with Crippen LogP contribution in [0.5, 0.6) is 0 Å². The fourth-order valence-corrected chi connectivity index (χ4v) is 2.27. The third-order valence-electron chi connectivity index (χ3n) is 3.06. The van der Waals surface area contributed by atoms with Crippen LogP contribution in [0.3, 0.4) is 0 Å². The zero-order chi connectivity index (χ0) is 12.5. The molecule has 2 N–H and O–H groups in total. The molecule has 1 aliphatic rings. The summed E-state index contributed by atoms with van der Waals surface area (Å²) in [5, 5.41) is 9.62. The zero-order valence-electron chi connectivity index (χ0n) is 10.4. The van der Waals surface area contributed by atoms with Gasteiger partial charge in [-0.15, -0.1) is 5.10 Å². The van der Waals surface area contributed by atoms with Crippen LogP contribution in [0.25, 0.3) is 0 Å². The first-order valence-electron chi connectivity index (χ1n) is 5.82. The Labute approximate surface area is 105 Å². The van der Waals surface area contributed by atoms with Gasteiger partial charge in [0, 0.05) is 17.2 Å². The van der Waals surface area contributed by atoms with Crippen LogP contribution >= 0.6 is 11.8 Å². The van der Waals surface area contributed by atoms with Gasteiger partial charge in [0.15, 0.2) is 0 Å². The summed E-state index contributed by atoms with van der Waals surface area (Å²) in [6.45, 7) is 4.72. The van der Waals surface area contributed by atoms with Crippen molar-refractivity contribution in [3.05, 3.63) is 11.6 Å². The minimum atomic E-state index is -0.187. The number of aromatic amines is 1. The molecule has 1 amide bonds. The molecule has 6 heteroatoms. The number of nitrogens with zero attached hydrogens (tertiary/aromatic N) is 2. The highest BCUT2D eigenvalue weighted by Gasteiger charge is 2.42. The maximum Gasteiger partial charge on any atom is 0.291 e. The third kappa shape index (κ3) is 2.80. The normalized spacial score (nSPS) is 17.2. The first kappa shape index (κ1) is 12.4. The Morgan fingerprint density at radius 1 is 1.59 bits per heavy atom. The van der Waals surface area contributed by atoms with Crippen LogP contribution in [-0.2, 0) is 0 Å². The van der Waals surface area contributed by atoms with Gasteiger partial charge < -0.3 is 5.32 Å². The molecule has 1 aliphatic carbocycles. The fourth-order valence-electron chi connectivity index (χ4n) is 1.55. The van der Waals surface area contributed by atoms with Gasteiger partial charge in [0.2, 0.25) is 5.82 Å². The number of aromatic nitrogens is 3. The van der Waals surface area contributed by atoms with Crippen LogP contribution < -0.4 is 5.32 Å². The van der Waals surface area contributed by atoms with Crippen molar-refractivity contribution in [2.24, 2.45) is 0 Å². The highest BCUT2D eigenvalue weighted by Crippen LogP contribution is 2.46. The summed E-state index contributed by atoms with van der Waals surface area (Å²) in [5.41, 5.74) is 0. The number of rotatable bonds is 5. The Morgan fingerprint density at radius 3 is 2.76 bits per heavy atom. The molecule has 0 radical (unpaired) electrons. The molecule has 1 aromatic rings. The number of hydrogen-bond donors (Lipinski definition) is 2. The molecule has 94 valence electrons. The smallest absolute Gasteiger partial charge is 0.291 e. The van der Waals surface area contributed by atoms with E-state index in [1.54, 1.807) is 0 Å². The minimum absolute atomic E-state index is 0.187. The van der Waals surface area contributed by atoms with E-state index in [1.807, 2.05) is 25.6 Å². The highest BCUT2D eigenvalue weighted by atomic mass is 32.2. The van der Waals surface area contributed by atoms with Crippen LogP contribution in [0.2, 0.25) is 0 Å². The molecule has 0 atom stereocenters. The average molecular weight is 254 g/mol. The van der Waals surface area contributed by atoms with Crippen molar-refractivity contribution in [3.8, 4) is 0 Å². The summed E-state index contributed by atoms with van der Waals surface area (Å²) >= 11 is 1.82. The second-order valence-corrected chi connectivity index (χ2v) is 6.04. The van der Waals surface area contributed by atoms with E-state index in [0.29, 0.717) is 6.54 Å². The lowest BCUT2D eigenvalue weighted by atomic mass is 10.2. The average Bonchev–Trinajstić information content (AvgIpc) is 2.92. The molecular formula is C11H18N4OS. The van der Waals surface area contributed by atoms with E-state index >= 15 is 0 Å². The Bertz CT molecular complexity index is 411. The van der Waals surface area contributed by atoms with Gasteiger partial charge in [0.05, 0.1) is 0 Å². The number of H-pyrrole nitrogens is 1. The molecule has 5 nitrogen and oxygen atoms in total. The molecule has 1 fully saturated rings. The predicted octanol–water partition coefficient (Wildman–Crippen LogP) is 1.55. The molecule has 1 aromatic heterocycles. The summed E-state index contributed by atoms with van der Waals surface area (Å²) in [4.78, 5) is 16.0. The Hall–Kier alpha value is -1.04. The topological polar surface area (TPSA) is 70.7 Å². The number of thioether (sulfide) groups is 1. The first-order valence-corrected chi connectivity index (χ1v) is 7.04. The van der Waals surface area contributed by atoms with Gasteiger partial charge in [0.1, 0.15) is 5.82 Å². The van der Waals surface area contributed by atoms with E-state index in [9.17, 15) is 4.79 Å². The van der Waals surface area contributed by atoms with Crippen molar-refractivity contribution in [2.45, 2.75) is 37.4 Å². The van der Waals surface area contributed by atoms with E-state index in [1.165, 1.54) is 12.8 Å². The van der Waals surface area contributed by atoms with E-state index < -0.39 is 0 Å². The molecule has 1 saturated carbocycles. The highest BCUT2D eigenvalue weighted by molar-refractivity contribution is 8.00. The number of hydrogen-bond acceptors (Lipinski definition) is 4. The molecule has 1 heterocycles. The van der Waals surface area contributed by atoms with Gasteiger partial charge in [-0.1, -0.05) is 13.8 Å². The lowest BCUT2D eigenvalue weighted by Gasteiger charge is -2.11. The van der Waals surface area contributed by atoms with E-state index in [2.05, 4.69) is 26.8 Å². The van der Waals surface area contributed by atoms with Crippen molar-refractivity contribution >= 4 is 17.7 Å². The molecule has 0 saturated heterocycles. The first-order chi connectivity index (χ1) is 8.06. The van der Waals surface area contributed by atoms with Gasteiger partial charge in [-0.05, 0) is 19.1 Å². The second-order valence-electron chi connectivity index (χ2n) is 4.77. The third-order valence-corrected chi connectivity index (χ3v) is 4.48. The Morgan fingerprint density at radius 2 is 2.29 bits per heavy atom. The Kier molecular flexibility index (Phi) is 3.42. The molecule has 0 spiro atoms. The van der Waals surface area contributed by atoms with Crippen LogP contribution in [0, 0.1) is 0 Å². The zero-order valence-corrected chi connectivity index (χ0v) is 11.2. The lowest BCUT2D eigenvalue weighted by molar-refractivity contribution is 0.0943. The molecule has 2 rings (SSSR count). The molecule has 17 heavy (non-hydrogen) atoms. The van der Waals surface area contributed by atoms with Crippen LogP contribution in [-0.4, -0.2) is 38.6 Å². The molecular weight excluding hydrogens is 236 g/mol. The number of carbonyl (C=O) groups is 1. The SMILES string of the molecule is CSC1(CNC(=O)c2n[nH]c(C(C)C)n2)CC1. The molecule has 0 aliphatic heterocycles. The predicted molar refractivity (Wildman–Crippen MR) is 68.3 cm³/mol. The largest absolute Gasteiger partial charge is 0.348 e. The molecule has 0 aromatic carbocycles. The van der Waals surface area contributed by atoms with E-state index in [0.717, 1.165) is 5.82 Å². The van der Waals surface area contributed by atoms with Gasteiger partial charge >= 0.3 is 0 Å². The quantitative estimate of drug-likeness (QED) is 0.836. The summed E-state index contributed by atoms with van der Waals surface area (Å²) in [6.07, 6.45) is 4.45. The van der Waals surface area contributed by atoms with Crippen molar-refractivity contribution in [3.63, 3.8) is 0 Å². The van der Waals surface area contributed by atoms with Crippen molar-refractivity contribution < 1.29 is 4.79 Å². The van der Waals surface area contributed by atoms with Crippen LogP contribution in [0.15, 0.2) is 0 Å². The van der Waals surface area contributed by atoms with Crippen LogP contribution in [0.1, 0.15) is 49.1 Å². The maximum atomic E-state index is 11.8. The lowest BCUT2D eigenvalue weighted by Crippen LogP contribution is -2.32. The van der Waals surface area contributed by atoms with Crippen molar-refractivity contribution in [2.75, 3.05) is 12.8 Å². The van der Waals surface area contributed by atoms with Gasteiger partial charge in [0.25, 0.3) is 5.91 Å². The maximum absolute atomic E-state index is 11.8. The van der Waals surface area contributed by atoms with Gasteiger partial charge in [-0.25, -0.2) is 4.98 Å². The molecule has 0 bridgehead atoms. The van der Waals surface area contributed by atoms with Crippen molar-refractivity contribution in [1.29, 1.82) is 0 Å². The second kappa shape index (κ2) is 4.68. The van der Waals surface area contributed by atoms with E-state index in [-0.39, 0.29) is 22.4 Å². The fraction of sp³-hybridized carbons (Fsp3) is 0.727. The number of carbonyl (C=O) groups excluding carboxylic acids is 1. The van der Waals surface area contributed by atoms with E-state index in [4.69, 9.17) is 0 Å². The van der Waals surface area contributed by atoms with Crippen molar-refractivity contribution in [1.82, 2.24) is 20.5 Å². The standard InChI is InChI=1S/C11H18N4OS/c1-7(2)8-13-9(15-14-8)10(16)12-6-11(17-3)4-5-11/h7H,4-6H2,1-3H3,(H,12,16)(H,13,14,15).